The highest BCUT2D eigenvalue weighted by molar-refractivity contribution is 5.28. The fourth-order valence-electron chi connectivity index (χ4n) is 3.08. The molecular formula is C19H23NO. The van der Waals surface area contributed by atoms with Crippen LogP contribution in [0.2, 0.25) is 0 Å². The zero-order chi connectivity index (χ0) is 14.5. The maximum atomic E-state index is 10.3. The molecule has 1 heterocycles. The Balaban J connectivity index is 1.53. The molecule has 0 saturated carbocycles. The molecule has 0 spiro atoms. The molecule has 0 aromatic heterocycles. The Labute approximate surface area is 127 Å². The Kier molecular flexibility index (Phi) is 4.69. The molecule has 0 aliphatic carbocycles. The van der Waals surface area contributed by atoms with E-state index < -0.39 is 0 Å². The van der Waals surface area contributed by atoms with Crippen molar-refractivity contribution in [2.45, 2.75) is 25.4 Å². The van der Waals surface area contributed by atoms with Crippen LogP contribution in [0, 0.1) is 0 Å². The van der Waals surface area contributed by atoms with Crippen LogP contribution in [0.4, 0.5) is 0 Å². The van der Waals surface area contributed by atoms with Gasteiger partial charge in [0.25, 0.3) is 0 Å². The predicted octanol–water partition coefficient (Wildman–Crippen LogP) is 3.21. The lowest BCUT2D eigenvalue weighted by molar-refractivity contribution is 0.143. The van der Waals surface area contributed by atoms with E-state index in [1.54, 1.807) is 0 Å². The third-order valence-electron chi connectivity index (χ3n) is 4.42. The summed E-state index contributed by atoms with van der Waals surface area (Å²) in [5.41, 5.74) is 4.00. The lowest BCUT2D eigenvalue weighted by atomic mass is 10.0. The van der Waals surface area contributed by atoms with Crippen molar-refractivity contribution in [2.75, 3.05) is 19.6 Å². The van der Waals surface area contributed by atoms with Gasteiger partial charge in [0.2, 0.25) is 0 Å². The van der Waals surface area contributed by atoms with Gasteiger partial charge in [0.15, 0.2) is 0 Å². The molecule has 1 atom stereocenters. The van der Waals surface area contributed by atoms with Crippen molar-refractivity contribution in [1.29, 1.82) is 0 Å². The van der Waals surface area contributed by atoms with E-state index in [1.807, 2.05) is 30.3 Å². The van der Waals surface area contributed by atoms with E-state index in [1.165, 1.54) is 11.1 Å². The number of nitrogens with zero attached hydrogens (tertiary/aromatic N) is 1. The van der Waals surface area contributed by atoms with Crippen LogP contribution in [0.1, 0.15) is 29.2 Å². The zero-order valence-electron chi connectivity index (χ0n) is 12.4. The van der Waals surface area contributed by atoms with Crippen molar-refractivity contribution in [3.8, 4) is 0 Å². The van der Waals surface area contributed by atoms with Crippen LogP contribution in [0.3, 0.4) is 0 Å². The van der Waals surface area contributed by atoms with Gasteiger partial charge in [0, 0.05) is 19.6 Å². The summed E-state index contributed by atoms with van der Waals surface area (Å²) in [6.07, 6.45) is 2.70. The molecule has 1 aliphatic heterocycles. The number of aliphatic hydroxyl groups is 1. The van der Waals surface area contributed by atoms with Gasteiger partial charge < -0.3 is 10.0 Å². The zero-order valence-corrected chi connectivity index (χ0v) is 12.4. The minimum Gasteiger partial charge on any atom is -0.388 e. The third kappa shape index (κ3) is 3.72. The summed E-state index contributed by atoms with van der Waals surface area (Å²) in [5, 5.41) is 10.3. The maximum absolute atomic E-state index is 10.3. The van der Waals surface area contributed by atoms with Crippen molar-refractivity contribution < 1.29 is 5.11 Å². The van der Waals surface area contributed by atoms with Gasteiger partial charge in [-0.1, -0.05) is 54.6 Å². The van der Waals surface area contributed by atoms with Gasteiger partial charge in [-0.15, -0.1) is 0 Å². The average molecular weight is 281 g/mol. The maximum Gasteiger partial charge on any atom is 0.0802 e. The Morgan fingerprint density at radius 1 is 0.857 bits per heavy atom. The molecule has 2 aromatic carbocycles. The van der Waals surface area contributed by atoms with Crippen LogP contribution in [-0.2, 0) is 12.8 Å². The van der Waals surface area contributed by atoms with Crippen LogP contribution in [-0.4, -0.2) is 29.6 Å². The fraction of sp³-hybridized carbons (Fsp3) is 0.368. The van der Waals surface area contributed by atoms with Crippen LogP contribution in [0.5, 0.6) is 0 Å². The Hall–Kier alpha value is -1.64. The summed E-state index contributed by atoms with van der Waals surface area (Å²) < 4.78 is 0. The number of benzene rings is 2. The van der Waals surface area contributed by atoms with Crippen LogP contribution >= 0.6 is 0 Å². The van der Waals surface area contributed by atoms with Gasteiger partial charge in [-0.25, -0.2) is 0 Å². The third-order valence-corrected chi connectivity index (χ3v) is 4.42. The topological polar surface area (TPSA) is 23.5 Å². The lowest BCUT2D eigenvalue weighted by Gasteiger charge is -2.21. The molecule has 2 nitrogen and oxygen atoms in total. The Bertz CT molecular complexity index is 540. The smallest absolute Gasteiger partial charge is 0.0802 e. The average Bonchev–Trinajstić information content (AvgIpc) is 2.76. The normalized spacial score (nSPS) is 17.0. The summed E-state index contributed by atoms with van der Waals surface area (Å²) in [7, 11) is 0. The Morgan fingerprint density at radius 2 is 1.43 bits per heavy atom. The number of fused-ring (bicyclic) bond motifs is 1. The van der Waals surface area contributed by atoms with Crippen molar-refractivity contribution in [2.24, 2.45) is 0 Å². The number of rotatable bonds is 4. The van der Waals surface area contributed by atoms with E-state index in [9.17, 15) is 5.11 Å². The van der Waals surface area contributed by atoms with Crippen LogP contribution in [0.25, 0.3) is 0 Å². The lowest BCUT2D eigenvalue weighted by Crippen LogP contribution is -2.28. The summed E-state index contributed by atoms with van der Waals surface area (Å²) in [5.74, 6) is 0. The largest absolute Gasteiger partial charge is 0.388 e. The second-order valence-corrected chi connectivity index (χ2v) is 5.83. The first-order valence-electron chi connectivity index (χ1n) is 7.85. The van der Waals surface area contributed by atoms with E-state index in [-0.39, 0.29) is 6.10 Å². The molecule has 110 valence electrons. The van der Waals surface area contributed by atoms with Gasteiger partial charge in [-0.05, 0) is 36.0 Å². The van der Waals surface area contributed by atoms with E-state index in [2.05, 4.69) is 29.2 Å². The Morgan fingerprint density at radius 3 is 2.05 bits per heavy atom. The van der Waals surface area contributed by atoms with Gasteiger partial charge in [-0.2, -0.15) is 0 Å². The van der Waals surface area contributed by atoms with Crippen LogP contribution in [0.15, 0.2) is 54.6 Å². The number of aliphatic hydroxyl groups excluding tert-OH is 1. The summed E-state index contributed by atoms with van der Waals surface area (Å²) >= 11 is 0. The van der Waals surface area contributed by atoms with Crippen LogP contribution < -0.4 is 0 Å². The van der Waals surface area contributed by atoms with Crippen molar-refractivity contribution >= 4 is 0 Å². The first-order chi connectivity index (χ1) is 10.3. The SMILES string of the molecule is O[C@@H](CCN1CCc2ccccc2CC1)c1ccccc1. The van der Waals surface area contributed by atoms with E-state index in [4.69, 9.17) is 0 Å². The first kappa shape index (κ1) is 14.3. The quantitative estimate of drug-likeness (QED) is 0.930. The second-order valence-electron chi connectivity index (χ2n) is 5.83. The predicted molar refractivity (Wildman–Crippen MR) is 86.3 cm³/mol. The molecular weight excluding hydrogens is 258 g/mol. The van der Waals surface area contributed by atoms with Gasteiger partial charge in [0.1, 0.15) is 0 Å². The fourth-order valence-corrected chi connectivity index (χ4v) is 3.08. The minimum absolute atomic E-state index is 0.350. The summed E-state index contributed by atoms with van der Waals surface area (Å²) in [6.45, 7) is 3.15. The molecule has 3 rings (SSSR count). The second kappa shape index (κ2) is 6.88. The summed E-state index contributed by atoms with van der Waals surface area (Å²) in [4.78, 5) is 2.48. The molecule has 1 N–H and O–H groups in total. The van der Waals surface area contributed by atoms with Gasteiger partial charge in [0.05, 0.1) is 6.10 Å². The van der Waals surface area contributed by atoms with Crippen molar-refractivity contribution in [3.63, 3.8) is 0 Å². The summed E-state index contributed by atoms with van der Waals surface area (Å²) in [6, 6.07) is 18.7. The van der Waals surface area contributed by atoms with E-state index in [0.717, 1.165) is 44.5 Å². The molecule has 2 aromatic rings. The molecule has 1 aliphatic rings. The standard InChI is InChI=1S/C19H23NO/c21-19(18-8-2-1-3-9-18)12-15-20-13-10-16-6-4-5-7-17(16)11-14-20/h1-9,19,21H,10-15H2/t19-/m0/s1. The van der Waals surface area contributed by atoms with E-state index in [0.29, 0.717) is 0 Å². The molecule has 0 amide bonds. The van der Waals surface area contributed by atoms with Gasteiger partial charge in [-0.3, -0.25) is 0 Å². The van der Waals surface area contributed by atoms with Gasteiger partial charge >= 0.3 is 0 Å². The number of hydrogen-bond donors (Lipinski definition) is 1. The number of hydrogen-bond acceptors (Lipinski definition) is 2. The molecule has 0 fully saturated rings. The first-order valence-corrected chi connectivity index (χ1v) is 7.85. The molecule has 0 bridgehead atoms. The highest BCUT2D eigenvalue weighted by atomic mass is 16.3. The monoisotopic (exact) mass is 281 g/mol. The highest BCUT2D eigenvalue weighted by Crippen LogP contribution is 2.19. The molecule has 2 heteroatoms. The molecule has 21 heavy (non-hydrogen) atoms. The molecule has 0 unspecified atom stereocenters. The van der Waals surface area contributed by atoms with E-state index >= 15 is 0 Å². The van der Waals surface area contributed by atoms with Crippen molar-refractivity contribution in [3.05, 3.63) is 71.3 Å². The highest BCUT2D eigenvalue weighted by Gasteiger charge is 2.15. The molecule has 0 radical (unpaired) electrons. The molecule has 0 saturated heterocycles. The van der Waals surface area contributed by atoms with Crippen molar-refractivity contribution in [1.82, 2.24) is 4.90 Å². The minimum atomic E-state index is -0.350.